The Kier molecular flexibility index (Phi) is 5.35. The number of hydrogen-bond acceptors (Lipinski definition) is 6. The molecule has 1 N–H and O–H groups in total. The van der Waals surface area contributed by atoms with Gasteiger partial charge in [-0.15, -0.1) is 0 Å². The lowest BCUT2D eigenvalue weighted by molar-refractivity contribution is -0.115. The molecule has 1 aromatic heterocycles. The van der Waals surface area contributed by atoms with Crippen molar-refractivity contribution in [1.82, 2.24) is 9.55 Å². The number of thioether (sulfide) groups is 1. The first-order valence-electron chi connectivity index (χ1n) is 6.84. The molecule has 0 spiro atoms. The maximum absolute atomic E-state index is 12.3. The van der Waals surface area contributed by atoms with Crippen LogP contribution in [0.4, 0.5) is 5.69 Å². The lowest BCUT2D eigenvalue weighted by atomic mass is 10.1. The van der Waals surface area contributed by atoms with Crippen molar-refractivity contribution in [2.24, 2.45) is 7.05 Å². The van der Waals surface area contributed by atoms with Crippen LogP contribution in [0.25, 0.3) is 11.3 Å². The highest BCUT2D eigenvalue weighted by Gasteiger charge is 2.16. The van der Waals surface area contributed by atoms with Crippen molar-refractivity contribution in [3.05, 3.63) is 40.2 Å². The largest absolute Gasteiger partial charge is 0.325 e. The summed E-state index contributed by atoms with van der Waals surface area (Å²) < 4.78 is 1.32. The number of hydrogen-bond donors (Lipinski definition) is 1. The van der Waals surface area contributed by atoms with E-state index >= 15 is 0 Å². The van der Waals surface area contributed by atoms with Crippen LogP contribution < -0.4 is 10.9 Å². The molecule has 0 saturated carbocycles. The number of nitriles is 2. The third kappa shape index (κ3) is 3.45. The second-order valence-corrected chi connectivity index (χ2v) is 5.54. The second-order valence-electron chi connectivity index (χ2n) is 4.76. The van der Waals surface area contributed by atoms with Crippen LogP contribution in [0, 0.1) is 22.7 Å². The summed E-state index contributed by atoms with van der Waals surface area (Å²) in [7, 11) is 1.56. The SMILES string of the molecule is CSc1nc(-c2cccc(NC(=O)CC#N)c2)c(C#N)c(=O)n1C. The number of benzene rings is 1. The number of aromatic nitrogens is 2. The van der Waals surface area contributed by atoms with Gasteiger partial charge in [-0.1, -0.05) is 23.9 Å². The van der Waals surface area contributed by atoms with Crippen molar-refractivity contribution in [3.8, 4) is 23.4 Å². The molecule has 120 valence electrons. The zero-order valence-electron chi connectivity index (χ0n) is 13.0. The van der Waals surface area contributed by atoms with E-state index in [1.165, 1.54) is 16.3 Å². The van der Waals surface area contributed by atoms with Crippen LogP contribution in [0.3, 0.4) is 0 Å². The summed E-state index contributed by atoms with van der Waals surface area (Å²) in [6.07, 6.45) is 1.53. The van der Waals surface area contributed by atoms with Crippen LogP contribution in [0.2, 0.25) is 0 Å². The minimum Gasteiger partial charge on any atom is -0.325 e. The number of anilines is 1. The van der Waals surface area contributed by atoms with Crippen molar-refractivity contribution in [3.63, 3.8) is 0 Å². The molecule has 0 fully saturated rings. The van der Waals surface area contributed by atoms with E-state index in [2.05, 4.69) is 10.3 Å². The number of amides is 1. The van der Waals surface area contributed by atoms with Gasteiger partial charge in [-0.3, -0.25) is 14.2 Å². The zero-order valence-corrected chi connectivity index (χ0v) is 13.8. The van der Waals surface area contributed by atoms with Gasteiger partial charge < -0.3 is 5.32 Å². The van der Waals surface area contributed by atoms with E-state index in [4.69, 9.17) is 5.26 Å². The van der Waals surface area contributed by atoms with Crippen molar-refractivity contribution >= 4 is 23.4 Å². The molecule has 1 aromatic carbocycles. The first kappa shape index (κ1) is 17.3. The number of nitrogens with zero attached hydrogens (tertiary/aromatic N) is 4. The Morgan fingerprint density at radius 3 is 2.79 bits per heavy atom. The topological polar surface area (TPSA) is 112 Å². The molecule has 7 nitrogen and oxygen atoms in total. The summed E-state index contributed by atoms with van der Waals surface area (Å²) in [5.74, 6) is -0.433. The molecule has 1 amide bonds. The predicted molar refractivity (Wildman–Crippen MR) is 90.3 cm³/mol. The molecule has 0 atom stereocenters. The summed E-state index contributed by atoms with van der Waals surface area (Å²) in [5, 5.41) is 20.9. The van der Waals surface area contributed by atoms with Gasteiger partial charge in [0.05, 0.1) is 11.8 Å². The van der Waals surface area contributed by atoms with Gasteiger partial charge in [0.25, 0.3) is 5.56 Å². The number of carbonyl (C=O) groups excluding carboxylic acids is 1. The third-order valence-electron chi connectivity index (χ3n) is 3.20. The van der Waals surface area contributed by atoms with E-state index in [0.717, 1.165) is 0 Å². The number of carbonyl (C=O) groups is 1. The van der Waals surface area contributed by atoms with Gasteiger partial charge in [-0.05, 0) is 18.4 Å². The minimum absolute atomic E-state index is 0.0594. The fourth-order valence-corrected chi connectivity index (χ4v) is 2.64. The zero-order chi connectivity index (χ0) is 17.7. The molecule has 2 aromatic rings. The second kappa shape index (κ2) is 7.44. The van der Waals surface area contributed by atoms with Gasteiger partial charge in [0.1, 0.15) is 18.1 Å². The van der Waals surface area contributed by atoms with Crippen LogP contribution in [0.15, 0.2) is 34.2 Å². The predicted octanol–water partition coefficient (Wildman–Crippen LogP) is 1.89. The van der Waals surface area contributed by atoms with E-state index in [0.29, 0.717) is 16.4 Å². The van der Waals surface area contributed by atoms with Gasteiger partial charge in [0.2, 0.25) is 5.91 Å². The quantitative estimate of drug-likeness (QED) is 0.672. The Bertz CT molecular complexity index is 937. The van der Waals surface area contributed by atoms with Gasteiger partial charge >= 0.3 is 0 Å². The molecule has 0 unspecified atom stereocenters. The third-order valence-corrected chi connectivity index (χ3v) is 3.93. The molecule has 0 radical (unpaired) electrons. The Morgan fingerprint density at radius 2 is 2.17 bits per heavy atom. The summed E-state index contributed by atoms with van der Waals surface area (Å²) in [4.78, 5) is 28.2. The van der Waals surface area contributed by atoms with Crippen molar-refractivity contribution in [2.75, 3.05) is 11.6 Å². The Labute approximate surface area is 142 Å². The average molecular weight is 339 g/mol. The highest BCUT2D eigenvalue weighted by atomic mass is 32.2. The first-order valence-corrected chi connectivity index (χ1v) is 8.06. The van der Waals surface area contributed by atoms with E-state index in [1.807, 2.05) is 6.07 Å². The highest BCUT2D eigenvalue weighted by molar-refractivity contribution is 7.98. The Balaban J connectivity index is 2.55. The molecular formula is C16H13N5O2S. The lowest BCUT2D eigenvalue weighted by Crippen LogP contribution is -2.23. The number of rotatable bonds is 4. The minimum atomic E-state index is -0.433. The van der Waals surface area contributed by atoms with Gasteiger partial charge in [-0.2, -0.15) is 10.5 Å². The first-order chi connectivity index (χ1) is 11.5. The lowest BCUT2D eigenvalue weighted by Gasteiger charge is -2.11. The molecule has 0 saturated heterocycles. The maximum Gasteiger partial charge on any atom is 0.272 e. The maximum atomic E-state index is 12.3. The molecule has 8 heteroatoms. The summed E-state index contributed by atoms with van der Waals surface area (Å²) in [5.41, 5.74) is 0.780. The fraction of sp³-hybridized carbons (Fsp3) is 0.188. The van der Waals surface area contributed by atoms with Gasteiger partial charge in [0, 0.05) is 18.3 Å². The van der Waals surface area contributed by atoms with Crippen LogP contribution >= 0.6 is 11.8 Å². The van der Waals surface area contributed by atoms with Gasteiger partial charge in [0.15, 0.2) is 5.16 Å². The van der Waals surface area contributed by atoms with Crippen molar-refractivity contribution in [1.29, 1.82) is 10.5 Å². The summed E-state index contributed by atoms with van der Waals surface area (Å²) >= 11 is 1.30. The molecule has 24 heavy (non-hydrogen) atoms. The molecular weight excluding hydrogens is 326 g/mol. The molecule has 1 heterocycles. The van der Waals surface area contributed by atoms with Crippen molar-refractivity contribution in [2.45, 2.75) is 11.6 Å². The van der Waals surface area contributed by atoms with Gasteiger partial charge in [-0.25, -0.2) is 4.98 Å². The highest BCUT2D eigenvalue weighted by Crippen LogP contribution is 2.24. The molecule has 0 aliphatic rings. The normalized spacial score (nSPS) is 9.83. The molecule has 0 aliphatic heterocycles. The van der Waals surface area contributed by atoms with Crippen LogP contribution in [0.5, 0.6) is 0 Å². The van der Waals surface area contributed by atoms with Crippen LogP contribution in [-0.4, -0.2) is 21.7 Å². The molecule has 2 rings (SSSR count). The van der Waals surface area contributed by atoms with Crippen LogP contribution in [-0.2, 0) is 11.8 Å². The van der Waals surface area contributed by atoms with Crippen molar-refractivity contribution < 1.29 is 4.79 Å². The standard InChI is InChI=1S/C16H13N5O2S/c1-21-15(23)12(9-18)14(20-16(21)24-2)10-4-3-5-11(8-10)19-13(22)6-7-17/h3-5,8H,6H2,1-2H3,(H,19,22). The number of nitrogens with one attached hydrogen (secondary N) is 1. The van der Waals surface area contributed by atoms with E-state index in [1.54, 1.807) is 43.6 Å². The molecule has 0 aliphatic carbocycles. The van der Waals surface area contributed by atoms with E-state index in [-0.39, 0.29) is 17.7 Å². The van der Waals surface area contributed by atoms with Crippen LogP contribution in [0.1, 0.15) is 12.0 Å². The Morgan fingerprint density at radius 1 is 1.42 bits per heavy atom. The van der Waals surface area contributed by atoms with E-state index in [9.17, 15) is 14.9 Å². The monoisotopic (exact) mass is 339 g/mol. The Hall–Kier alpha value is -3.10. The average Bonchev–Trinajstić information content (AvgIpc) is 2.57. The smallest absolute Gasteiger partial charge is 0.272 e. The summed E-state index contributed by atoms with van der Waals surface area (Å²) in [6, 6.07) is 10.3. The summed E-state index contributed by atoms with van der Waals surface area (Å²) in [6.45, 7) is 0. The fourth-order valence-electron chi connectivity index (χ4n) is 2.10. The van der Waals surface area contributed by atoms with E-state index < -0.39 is 11.5 Å². The molecule has 0 bridgehead atoms.